The highest BCUT2D eigenvalue weighted by atomic mass is 19.1. The third-order valence-electron chi connectivity index (χ3n) is 6.72. The lowest BCUT2D eigenvalue weighted by Crippen LogP contribution is -2.64. The number of halogens is 2. The quantitative estimate of drug-likeness (QED) is 0.447. The Morgan fingerprint density at radius 2 is 1.89 bits per heavy atom. The van der Waals surface area contributed by atoms with Crippen LogP contribution in [0.3, 0.4) is 0 Å². The van der Waals surface area contributed by atoms with Gasteiger partial charge in [0, 0.05) is 42.2 Å². The van der Waals surface area contributed by atoms with E-state index in [1.165, 1.54) is 18.5 Å². The molecule has 0 unspecified atom stereocenters. The molecule has 6 rings (SSSR count). The van der Waals surface area contributed by atoms with Crippen molar-refractivity contribution in [3.8, 4) is 28.4 Å². The summed E-state index contributed by atoms with van der Waals surface area (Å²) < 4.78 is 35.3. The SMILES string of the molecule is CC.CCOc1ccc(-c2cc(C(=O)NC34CCC(CC3)NC4)c(F)c(-c3cnc(N)c(F)c3)n2)cn1. The van der Waals surface area contributed by atoms with Crippen molar-refractivity contribution < 1.29 is 18.3 Å². The molecule has 2 bridgehead atoms. The summed E-state index contributed by atoms with van der Waals surface area (Å²) in [6.07, 6.45) is 6.35. The summed E-state index contributed by atoms with van der Waals surface area (Å²) >= 11 is 0. The Labute approximate surface area is 215 Å². The number of aromatic nitrogens is 3. The van der Waals surface area contributed by atoms with Gasteiger partial charge in [0.2, 0.25) is 5.88 Å². The number of hydrogen-bond acceptors (Lipinski definition) is 7. The van der Waals surface area contributed by atoms with Gasteiger partial charge in [0.15, 0.2) is 17.5 Å². The van der Waals surface area contributed by atoms with E-state index in [0.717, 1.165) is 31.7 Å². The van der Waals surface area contributed by atoms with Crippen LogP contribution < -0.4 is 21.1 Å². The summed E-state index contributed by atoms with van der Waals surface area (Å²) in [5, 5.41) is 6.50. The lowest BCUT2D eigenvalue weighted by Gasteiger charge is -2.47. The second kappa shape index (κ2) is 11.2. The van der Waals surface area contributed by atoms with Gasteiger partial charge in [-0.15, -0.1) is 0 Å². The van der Waals surface area contributed by atoms with Crippen molar-refractivity contribution in [2.24, 2.45) is 0 Å². The number of nitrogen functional groups attached to an aromatic ring is 1. The summed E-state index contributed by atoms with van der Waals surface area (Å²) in [4.78, 5) is 25.8. The Balaban J connectivity index is 0.00000156. The van der Waals surface area contributed by atoms with Gasteiger partial charge in [-0.3, -0.25) is 4.79 Å². The molecule has 1 amide bonds. The minimum atomic E-state index is -0.857. The molecule has 37 heavy (non-hydrogen) atoms. The normalized spacial score (nSPS) is 20.1. The van der Waals surface area contributed by atoms with Gasteiger partial charge < -0.3 is 21.1 Å². The number of carbonyl (C=O) groups excluding carboxylic acids is 1. The first-order valence-corrected chi connectivity index (χ1v) is 12.6. The van der Waals surface area contributed by atoms with Gasteiger partial charge in [-0.1, -0.05) is 13.8 Å². The van der Waals surface area contributed by atoms with E-state index in [9.17, 15) is 9.18 Å². The first kappa shape index (κ1) is 26.4. The van der Waals surface area contributed by atoms with E-state index in [4.69, 9.17) is 10.5 Å². The maximum absolute atomic E-state index is 15.7. The van der Waals surface area contributed by atoms with E-state index in [2.05, 4.69) is 25.6 Å². The zero-order valence-electron chi connectivity index (χ0n) is 21.3. The maximum atomic E-state index is 15.7. The molecule has 10 heteroatoms. The molecule has 4 N–H and O–H groups in total. The van der Waals surface area contributed by atoms with Crippen LogP contribution >= 0.6 is 0 Å². The molecule has 196 valence electrons. The number of rotatable bonds is 6. The highest BCUT2D eigenvalue weighted by molar-refractivity contribution is 5.97. The number of nitrogens with zero attached hydrogens (tertiary/aromatic N) is 3. The van der Waals surface area contributed by atoms with Crippen molar-refractivity contribution in [2.45, 2.75) is 58.0 Å². The second-order valence-electron chi connectivity index (χ2n) is 9.02. The van der Waals surface area contributed by atoms with Crippen LogP contribution in [0.2, 0.25) is 0 Å². The van der Waals surface area contributed by atoms with Gasteiger partial charge in [-0.05, 0) is 50.8 Å². The van der Waals surface area contributed by atoms with E-state index in [1.807, 2.05) is 20.8 Å². The van der Waals surface area contributed by atoms with Crippen LogP contribution in [0.4, 0.5) is 14.6 Å². The van der Waals surface area contributed by atoms with Crippen LogP contribution in [0.15, 0.2) is 36.7 Å². The lowest BCUT2D eigenvalue weighted by molar-refractivity contribution is 0.0784. The zero-order chi connectivity index (χ0) is 26.6. The van der Waals surface area contributed by atoms with Crippen LogP contribution in [-0.4, -0.2) is 45.6 Å². The van der Waals surface area contributed by atoms with Crippen LogP contribution in [0.25, 0.3) is 22.5 Å². The standard InChI is InChI=1S/C25H26F2N6O2.C2H6/c1-2-35-20-4-3-14(11-29-20)19-10-17(24(34)33-25-7-5-16(6-8-25)31-13-25)21(27)22(32-19)15-9-18(26)23(28)30-12-15;1-2/h3-4,9-12,16,31H,2,5-8,13H2,1H3,(H2,28,30)(H,33,34);1-2H3. The number of ether oxygens (including phenoxy) is 1. The van der Waals surface area contributed by atoms with Gasteiger partial charge in [0.05, 0.1) is 23.4 Å². The average molecular weight is 511 g/mol. The Morgan fingerprint density at radius 3 is 2.49 bits per heavy atom. The molecule has 8 nitrogen and oxygen atoms in total. The number of anilines is 1. The van der Waals surface area contributed by atoms with Crippen molar-refractivity contribution in [2.75, 3.05) is 18.9 Å². The van der Waals surface area contributed by atoms with E-state index in [1.54, 1.807) is 12.1 Å². The molecule has 0 aromatic carbocycles. The Morgan fingerprint density at radius 1 is 1.16 bits per heavy atom. The Hall–Kier alpha value is -3.66. The maximum Gasteiger partial charge on any atom is 0.254 e. The molecule has 3 aromatic heterocycles. The van der Waals surface area contributed by atoms with E-state index < -0.39 is 23.1 Å². The number of hydrogen-bond donors (Lipinski definition) is 3. The highest BCUT2D eigenvalue weighted by Crippen LogP contribution is 2.34. The predicted molar refractivity (Wildman–Crippen MR) is 138 cm³/mol. The number of amides is 1. The molecule has 2 saturated heterocycles. The third kappa shape index (κ3) is 5.53. The molecule has 1 aliphatic carbocycles. The highest BCUT2D eigenvalue weighted by Gasteiger charge is 2.41. The van der Waals surface area contributed by atoms with Crippen molar-refractivity contribution in [3.05, 3.63) is 53.9 Å². The summed E-state index contributed by atoms with van der Waals surface area (Å²) in [5.74, 6) is -2.08. The van der Waals surface area contributed by atoms with E-state index in [-0.39, 0.29) is 22.6 Å². The summed E-state index contributed by atoms with van der Waals surface area (Å²) in [5.41, 5.74) is 5.62. The van der Waals surface area contributed by atoms with Crippen LogP contribution in [-0.2, 0) is 0 Å². The van der Waals surface area contributed by atoms with E-state index in [0.29, 0.717) is 36.3 Å². The Kier molecular flexibility index (Phi) is 7.97. The molecule has 2 aliphatic heterocycles. The number of piperidine rings is 2. The average Bonchev–Trinajstić information content (AvgIpc) is 2.93. The number of nitrogens with one attached hydrogen (secondary N) is 2. The van der Waals surface area contributed by atoms with Crippen molar-refractivity contribution in [3.63, 3.8) is 0 Å². The molecule has 3 fully saturated rings. The largest absolute Gasteiger partial charge is 0.478 e. The van der Waals surface area contributed by atoms with Gasteiger partial charge in [0.25, 0.3) is 5.91 Å². The topological polar surface area (TPSA) is 115 Å². The Bertz CT molecular complexity index is 1250. The fourth-order valence-electron chi connectivity index (χ4n) is 4.75. The number of pyridine rings is 3. The smallest absolute Gasteiger partial charge is 0.254 e. The zero-order valence-corrected chi connectivity index (χ0v) is 21.3. The second-order valence-corrected chi connectivity index (χ2v) is 9.02. The van der Waals surface area contributed by atoms with Crippen LogP contribution in [0, 0.1) is 11.6 Å². The molecule has 3 aliphatic rings. The third-order valence-corrected chi connectivity index (χ3v) is 6.72. The molecule has 0 spiro atoms. The summed E-state index contributed by atoms with van der Waals surface area (Å²) in [6.45, 7) is 6.95. The van der Waals surface area contributed by atoms with Crippen LogP contribution in [0.1, 0.15) is 56.8 Å². The molecule has 1 saturated carbocycles. The molecule has 0 atom stereocenters. The van der Waals surface area contributed by atoms with Gasteiger partial charge >= 0.3 is 0 Å². The molecule has 3 aromatic rings. The minimum absolute atomic E-state index is 0.0713. The molecular formula is C27H32F2N6O2. The van der Waals surface area contributed by atoms with Crippen molar-refractivity contribution >= 4 is 11.7 Å². The summed E-state index contributed by atoms with van der Waals surface area (Å²) in [6, 6.07) is 6.31. The molecule has 0 radical (unpaired) electrons. The van der Waals surface area contributed by atoms with Gasteiger partial charge in [-0.25, -0.2) is 23.7 Å². The van der Waals surface area contributed by atoms with Crippen LogP contribution in [0.5, 0.6) is 5.88 Å². The predicted octanol–water partition coefficient (Wildman–Crippen LogP) is 4.51. The summed E-state index contributed by atoms with van der Waals surface area (Å²) in [7, 11) is 0. The van der Waals surface area contributed by atoms with Gasteiger partial charge in [0.1, 0.15) is 5.69 Å². The molecular weight excluding hydrogens is 478 g/mol. The van der Waals surface area contributed by atoms with Gasteiger partial charge in [-0.2, -0.15) is 0 Å². The van der Waals surface area contributed by atoms with E-state index >= 15 is 4.39 Å². The number of nitrogens with two attached hydrogens (primary N) is 1. The lowest BCUT2D eigenvalue weighted by atomic mass is 9.75. The minimum Gasteiger partial charge on any atom is -0.478 e. The molecule has 5 heterocycles. The first-order valence-electron chi connectivity index (χ1n) is 12.6. The fraction of sp³-hybridized carbons (Fsp3) is 0.407. The first-order chi connectivity index (χ1) is 17.9. The fourth-order valence-corrected chi connectivity index (χ4v) is 4.75. The monoisotopic (exact) mass is 510 g/mol. The van der Waals surface area contributed by atoms with Crippen molar-refractivity contribution in [1.29, 1.82) is 0 Å². The number of carbonyl (C=O) groups is 1. The number of fused-ring (bicyclic) bond motifs is 3. The van der Waals surface area contributed by atoms with Crippen molar-refractivity contribution in [1.82, 2.24) is 25.6 Å².